The van der Waals surface area contributed by atoms with Gasteiger partial charge in [-0.05, 0) is 15.0 Å². The van der Waals surface area contributed by atoms with Crippen molar-refractivity contribution in [2.45, 2.75) is 27.2 Å². The molecule has 0 fully saturated rings. The Morgan fingerprint density at radius 1 is 1.40 bits per heavy atom. The molecule has 2 aromatic rings. The first-order valence-electron chi connectivity index (χ1n) is 5.79. The van der Waals surface area contributed by atoms with Crippen molar-refractivity contribution < 1.29 is 9.72 Å². The lowest BCUT2D eigenvalue weighted by Gasteiger charge is -2.15. The molecule has 2 rings (SSSR count). The quantitative estimate of drug-likeness (QED) is 0.590. The fourth-order valence-electron chi connectivity index (χ4n) is 1.64. The fourth-order valence-corrected chi connectivity index (χ4v) is 1.64. The lowest BCUT2D eigenvalue weighted by molar-refractivity contribution is -0.392. The summed E-state index contributed by atoms with van der Waals surface area (Å²) in [7, 11) is 0. The van der Waals surface area contributed by atoms with Gasteiger partial charge in [-0.15, -0.1) is 14.9 Å². The number of hydrogen-bond donors (Lipinski definition) is 0. The number of carbonyl (C=O) groups excluding carboxylic acids is 1. The normalized spacial score (nSPS) is 11.6. The molecule has 2 aromatic heterocycles. The van der Waals surface area contributed by atoms with Crippen LogP contribution in [0.1, 0.15) is 26.5 Å². The van der Waals surface area contributed by atoms with E-state index in [-0.39, 0.29) is 11.1 Å². The van der Waals surface area contributed by atoms with Crippen molar-refractivity contribution in [3.8, 4) is 0 Å². The average Bonchev–Trinajstić information content (AvgIpc) is 2.93. The van der Waals surface area contributed by atoms with Gasteiger partial charge in [-0.3, -0.25) is 0 Å². The van der Waals surface area contributed by atoms with E-state index in [9.17, 15) is 14.9 Å². The Labute approximate surface area is 113 Å². The summed E-state index contributed by atoms with van der Waals surface area (Å²) < 4.78 is 1.47. The van der Waals surface area contributed by atoms with E-state index in [4.69, 9.17) is 0 Å². The maximum absolute atomic E-state index is 12.0. The van der Waals surface area contributed by atoms with Crippen molar-refractivity contribution in [2.75, 3.05) is 0 Å². The lowest BCUT2D eigenvalue weighted by atomic mass is 9.90. The van der Waals surface area contributed by atoms with Crippen LogP contribution >= 0.6 is 0 Å². The Bertz CT molecular complexity index is 638. The predicted molar refractivity (Wildman–Crippen MR) is 66.0 cm³/mol. The van der Waals surface area contributed by atoms with Crippen LogP contribution in [0.15, 0.2) is 12.4 Å². The highest BCUT2D eigenvalue weighted by molar-refractivity contribution is 5.79. The summed E-state index contributed by atoms with van der Waals surface area (Å²) in [5.41, 5.74) is -0.0574. The summed E-state index contributed by atoms with van der Waals surface area (Å²) in [6.45, 7) is 5.74. The second-order valence-electron chi connectivity index (χ2n) is 5.40. The molecule has 0 amide bonds. The third-order valence-electron chi connectivity index (χ3n) is 2.38. The molecule has 10 nitrogen and oxygen atoms in total. The largest absolute Gasteiger partial charge is 0.464 e. The van der Waals surface area contributed by atoms with Crippen LogP contribution in [0, 0.1) is 15.5 Å². The van der Waals surface area contributed by atoms with E-state index >= 15 is 0 Å². The van der Waals surface area contributed by atoms with Crippen LogP contribution in [-0.4, -0.2) is 40.9 Å². The van der Waals surface area contributed by atoms with Gasteiger partial charge in [0.2, 0.25) is 0 Å². The monoisotopic (exact) mass is 279 g/mol. The molecule has 0 saturated heterocycles. The third-order valence-corrected chi connectivity index (χ3v) is 2.38. The van der Waals surface area contributed by atoms with Gasteiger partial charge in [-0.25, -0.2) is 4.79 Å². The number of aromatic nitrogens is 6. The predicted octanol–water partition coefficient (Wildman–Crippen LogP) is 0.883. The summed E-state index contributed by atoms with van der Waals surface area (Å²) in [5.74, 6) is -0.444. The van der Waals surface area contributed by atoms with E-state index in [1.54, 1.807) is 0 Å². The summed E-state index contributed by atoms with van der Waals surface area (Å²) in [6.07, 6.45) is 2.89. The van der Waals surface area contributed by atoms with Crippen molar-refractivity contribution >= 4 is 11.8 Å². The van der Waals surface area contributed by atoms with E-state index in [0.717, 1.165) is 4.68 Å². The number of nitro groups is 1. The SMILES string of the molecule is CC(C)(C)Cc1nnn(C(=O)n2ccnn2)c1[N+](=O)[O-]. The van der Waals surface area contributed by atoms with Gasteiger partial charge in [0, 0.05) is 11.6 Å². The van der Waals surface area contributed by atoms with Gasteiger partial charge in [-0.1, -0.05) is 26.0 Å². The van der Waals surface area contributed by atoms with Crippen molar-refractivity contribution in [3.63, 3.8) is 0 Å². The van der Waals surface area contributed by atoms with Crippen LogP contribution in [0.3, 0.4) is 0 Å². The zero-order chi connectivity index (χ0) is 14.9. The van der Waals surface area contributed by atoms with Crippen LogP contribution in [0.2, 0.25) is 0 Å². The van der Waals surface area contributed by atoms with E-state index in [0.29, 0.717) is 11.1 Å². The lowest BCUT2D eigenvalue weighted by Crippen LogP contribution is -2.23. The molecule has 0 aliphatic carbocycles. The Morgan fingerprint density at radius 2 is 2.10 bits per heavy atom. The van der Waals surface area contributed by atoms with Crippen molar-refractivity contribution in [1.29, 1.82) is 0 Å². The molecular formula is C10H13N7O3. The Balaban J connectivity index is 2.45. The summed E-state index contributed by atoms with van der Waals surface area (Å²) >= 11 is 0. The van der Waals surface area contributed by atoms with E-state index in [1.165, 1.54) is 12.4 Å². The molecule has 2 heterocycles. The summed E-state index contributed by atoms with van der Waals surface area (Å²) in [5, 5.41) is 25.4. The summed E-state index contributed by atoms with van der Waals surface area (Å²) in [4.78, 5) is 22.5. The second kappa shape index (κ2) is 4.79. The number of nitrogens with zero attached hydrogens (tertiary/aromatic N) is 7. The van der Waals surface area contributed by atoms with Gasteiger partial charge >= 0.3 is 11.8 Å². The molecule has 0 saturated carbocycles. The molecule has 0 aliphatic rings. The second-order valence-corrected chi connectivity index (χ2v) is 5.40. The maximum Gasteiger partial charge on any atom is 0.464 e. The third kappa shape index (κ3) is 2.68. The van der Waals surface area contributed by atoms with E-state index in [1.807, 2.05) is 20.8 Å². The Hall–Kier alpha value is -2.65. The van der Waals surface area contributed by atoms with Crippen LogP contribution in [0.4, 0.5) is 10.6 Å². The van der Waals surface area contributed by atoms with Gasteiger partial charge in [0.15, 0.2) is 5.69 Å². The van der Waals surface area contributed by atoms with Crippen LogP contribution in [-0.2, 0) is 6.42 Å². The molecule has 0 spiro atoms. The number of carbonyl (C=O) groups is 1. The van der Waals surface area contributed by atoms with E-state index < -0.39 is 16.8 Å². The van der Waals surface area contributed by atoms with Gasteiger partial charge in [-0.2, -0.15) is 0 Å². The molecule has 0 aliphatic heterocycles. The smallest absolute Gasteiger partial charge is 0.358 e. The number of rotatable bonds is 2. The molecule has 0 unspecified atom stereocenters. The van der Waals surface area contributed by atoms with Gasteiger partial charge in [0.1, 0.15) is 0 Å². The topological polar surface area (TPSA) is 122 Å². The first kappa shape index (κ1) is 13.8. The minimum atomic E-state index is -0.804. The highest BCUT2D eigenvalue weighted by Crippen LogP contribution is 2.25. The molecular weight excluding hydrogens is 266 g/mol. The Kier molecular flexibility index (Phi) is 3.30. The first-order valence-corrected chi connectivity index (χ1v) is 5.79. The molecule has 0 radical (unpaired) electrons. The molecule has 20 heavy (non-hydrogen) atoms. The minimum Gasteiger partial charge on any atom is -0.358 e. The number of hydrogen-bond acceptors (Lipinski definition) is 7. The van der Waals surface area contributed by atoms with Crippen LogP contribution in [0.25, 0.3) is 0 Å². The van der Waals surface area contributed by atoms with Crippen LogP contribution < -0.4 is 0 Å². The maximum atomic E-state index is 12.0. The Morgan fingerprint density at radius 3 is 2.60 bits per heavy atom. The average molecular weight is 279 g/mol. The molecule has 0 bridgehead atoms. The first-order chi connectivity index (χ1) is 9.29. The van der Waals surface area contributed by atoms with Gasteiger partial charge in [0.05, 0.1) is 12.4 Å². The standard InChI is InChI=1S/C10H13N7O3/c1-10(2,3)6-7-8(17(19)20)16(14-12-7)9(18)15-5-4-11-13-15/h4-5H,6H2,1-3H3. The van der Waals surface area contributed by atoms with Gasteiger partial charge < -0.3 is 10.1 Å². The highest BCUT2D eigenvalue weighted by atomic mass is 16.6. The van der Waals surface area contributed by atoms with Crippen molar-refractivity contribution in [3.05, 3.63) is 28.2 Å². The zero-order valence-electron chi connectivity index (χ0n) is 11.2. The fraction of sp³-hybridized carbons (Fsp3) is 0.500. The summed E-state index contributed by atoms with van der Waals surface area (Å²) in [6, 6.07) is -0.804. The van der Waals surface area contributed by atoms with Crippen LogP contribution in [0.5, 0.6) is 0 Å². The molecule has 0 aromatic carbocycles. The minimum absolute atomic E-state index is 0.163. The van der Waals surface area contributed by atoms with Crippen molar-refractivity contribution in [1.82, 2.24) is 30.0 Å². The van der Waals surface area contributed by atoms with E-state index in [2.05, 4.69) is 20.6 Å². The van der Waals surface area contributed by atoms with Crippen molar-refractivity contribution in [2.24, 2.45) is 5.41 Å². The highest BCUT2D eigenvalue weighted by Gasteiger charge is 2.32. The molecule has 106 valence electrons. The molecule has 10 heteroatoms. The molecule has 0 atom stereocenters. The molecule has 0 N–H and O–H groups in total. The zero-order valence-corrected chi connectivity index (χ0v) is 11.2. The van der Waals surface area contributed by atoms with Gasteiger partial charge in [0.25, 0.3) is 0 Å².